The molecule has 0 radical (unpaired) electrons. The summed E-state index contributed by atoms with van der Waals surface area (Å²) < 4.78 is 39.1. The third-order valence-electron chi connectivity index (χ3n) is 6.77. The van der Waals surface area contributed by atoms with Crippen molar-refractivity contribution in [1.29, 1.82) is 0 Å². The molecule has 0 aliphatic heterocycles. The molecule has 0 bridgehead atoms. The highest BCUT2D eigenvalue weighted by atomic mass is 31.2. The molecule has 0 spiro atoms. The molecule has 0 atom stereocenters. The molecule has 0 saturated heterocycles. The van der Waals surface area contributed by atoms with E-state index in [-0.39, 0.29) is 12.2 Å². The lowest BCUT2D eigenvalue weighted by Gasteiger charge is -2.29. The first kappa shape index (κ1) is 37.3. The predicted molar refractivity (Wildman–Crippen MR) is 165 cm³/mol. The summed E-state index contributed by atoms with van der Waals surface area (Å²) in [5.74, 6) is 0. The number of rotatable bonds is 27. The maximum atomic E-state index is 14.3. The SMILES string of the molecule is CCCCCCCCP(=O)(CCCCCCCC)CN(CCCC)CCCP(=O)(OC(C)C)OC(C)C. The van der Waals surface area contributed by atoms with Gasteiger partial charge in [0.2, 0.25) is 0 Å². The molecule has 37 heavy (non-hydrogen) atoms. The van der Waals surface area contributed by atoms with Crippen LogP contribution >= 0.6 is 14.7 Å². The lowest BCUT2D eigenvalue weighted by molar-refractivity contribution is 0.141. The number of hydrogen-bond donors (Lipinski definition) is 0. The van der Waals surface area contributed by atoms with E-state index in [1.54, 1.807) is 0 Å². The molecule has 0 aliphatic rings. The van der Waals surface area contributed by atoms with E-state index in [1.165, 1.54) is 64.2 Å². The largest absolute Gasteiger partial charge is 0.331 e. The van der Waals surface area contributed by atoms with Gasteiger partial charge in [-0.05, 0) is 66.5 Å². The highest BCUT2D eigenvalue weighted by Gasteiger charge is 2.29. The molecule has 0 saturated carbocycles. The summed E-state index contributed by atoms with van der Waals surface area (Å²) in [5, 5.41) is 0. The minimum Gasteiger partial charge on any atom is -0.322 e. The van der Waals surface area contributed by atoms with Gasteiger partial charge in [0.25, 0.3) is 0 Å². The van der Waals surface area contributed by atoms with Gasteiger partial charge < -0.3 is 13.6 Å². The Kier molecular flexibility index (Phi) is 23.3. The van der Waals surface area contributed by atoms with Crippen LogP contribution in [-0.2, 0) is 18.2 Å². The zero-order chi connectivity index (χ0) is 28.0. The molecule has 7 heteroatoms. The first-order valence-corrected chi connectivity index (χ1v) is 19.8. The van der Waals surface area contributed by atoms with Gasteiger partial charge in [-0.15, -0.1) is 0 Å². The van der Waals surface area contributed by atoms with E-state index in [0.717, 1.165) is 63.8 Å². The van der Waals surface area contributed by atoms with E-state index in [4.69, 9.17) is 9.05 Å². The Bertz CT molecular complexity index is 578. The summed E-state index contributed by atoms with van der Waals surface area (Å²) in [6.07, 6.45) is 20.5. The van der Waals surface area contributed by atoms with Crippen LogP contribution < -0.4 is 0 Å². The molecule has 5 nitrogen and oxygen atoms in total. The Balaban J connectivity index is 5.14. The van der Waals surface area contributed by atoms with Crippen molar-refractivity contribution in [2.75, 3.05) is 37.9 Å². The van der Waals surface area contributed by atoms with Crippen LogP contribution in [0.15, 0.2) is 0 Å². The molecule has 0 aromatic rings. The van der Waals surface area contributed by atoms with Crippen LogP contribution in [0.4, 0.5) is 0 Å². The lowest BCUT2D eigenvalue weighted by Crippen LogP contribution is -2.29. The minimum atomic E-state index is -3.12. The molecule has 0 rings (SSSR count). The van der Waals surface area contributed by atoms with Gasteiger partial charge in [-0.2, -0.15) is 0 Å². The fourth-order valence-corrected chi connectivity index (χ4v) is 10.1. The van der Waals surface area contributed by atoms with Gasteiger partial charge in [0.15, 0.2) is 0 Å². The highest BCUT2D eigenvalue weighted by Crippen LogP contribution is 2.51. The molecule has 224 valence electrons. The van der Waals surface area contributed by atoms with Crippen LogP contribution in [0.1, 0.15) is 145 Å². The normalized spacial score (nSPS) is 12.9. The van der Waals surface area contributed by atoms with Gasteiger partial charge in [0, 0.05) is 12.3 Å². The third-order valence-corrected chi connectivity index (χ3v) is 12.3. The summed E-state index contributed by atoms with van der Waals surface area (Å²) >= 11 is 0. The number of nitrogens with zero attached hydrogens (tertiary/aromatic N) is 1. The number of hydrogen-bond acceptors (Lipinski definition) is 5. The topological polar surface area (TPSA) is 55.8 Å². The molecule has 0 amide bonds. The van der Waals surface area contributed by atoms with Crippen LogP contribution in [-0.4, -0.2) is 55.0 Å². The molecule has 0 aromatic carbocycles. The second kappa shape index (κ2) is 23.1. The van der Waals surface area contributed by atoms with E-state index in [0.29, 0.717) is 6.16 Å². The fourth-order valence-electron chi connectivity index (χ4n) is 4.87. The van der Waals surface area contributed by atoms with Gasteiger partial charge in [0.05, 0.1) is 24.7 Å². The average Bonchev–Trinajstić information content (AvgIpc) is 2.80. The van der Waals surface area contributed by atoms with Crippen LogP contribution in [0.25, 0.3) is 0 Å². The second-order valence-electron chi connectivity index (χ2n) is 11.7. The van der Waals surface area contributed by atoms with Gasteiger partial charge in [-0.3, -0.25) is 9.46 Å². The van der Waals surface area contributed by atoms with E-state index >= 15 is 0 Å². The smallest absolute Gasteiger partial charge is 0.322 e. The monoisotopic (exact) mass is 565 g/mol. The molecular formula is C30H65NO4P2. The molecule has 0 heterocycles. The first-order chi connectivity index (χ1) is 17.6. The van der Waals surface area contributed by atoms with E-state index < -0.39 is 14.7 Å². The highest BCUT2D eigenvalue weighted by molar-refractivity contribution is 7.63. The summed E-state index contributed by atoms with van der Waals surface area (Å²) in [6, 6.07) is 0. The molecule has 0 fully saturated rings. The quantitative estimate of drug-likeness (QED) is 0.0732. The minimum absolute atomic E-state index is 0.129. The van der Waals surface area contributed by atoms with Gasteiger partial charge in [0.1, 0.15) is 7.14 Å². The maximum absolute atomic E-state index is 14.3. The van der Waals surface area contributed by atoms with Crippen molar-refractivity contribution >= 4 is 14.7 Å². The standard InChI is InChI=1S/C30H65NO4P2/c1-8-11-14-16-18-20-25-36(32,26-21-19-17-15-12-9-2)28-31(23-13-10-3)24-22-27-37(33,34-29(4)5)35-30(6)7/h29-30H,8-28H2,1-7H3. The Labute approximate surface area is 232 Å². The van der Waals surface area contributed by atoms with Gasteiger partial charge in [-0.25, -0.2) is 0 Å². The Morgan fingerprint density at radius 1 is 0.541 bits per heavy atom. The van der Waals surface area contributed by atoms with Crippen molar-refractivity contribution in [3.8, 4) is 0 Å². The Hall–Kier alpha value is 0.340. The fraction of sp³-hybridized carbons (Fsp3) is 1.00. The van der Waals surface area contributed by atoms with Crippen molar-refractivity contribution in [3.05, 3.63) is 0 Å². The van der Waals surface area contributed by atoms with Crippen molar-refractivity contribution in [3.63, 3.8) is 0 Å². The molecule has 0 N–H and O–H groups in total. The Morgan fingerprint density at radius 3 is 1.38 bits per heavy atom. The zero-order valence-corrected chi connectivity index (χ0v) is 27.8. The molecule has 0 aliphatic carbocycles. The molecule has 0 unspecified atom stereocenters. The van der Waals surface area contributed by atoms with Crippen molar-refractivity contribution in [1.82, 2.24) is 4.90 Å². The van der Waals surface area contributed by atoms with Crippen LogP contribution in [0.2, 0.25) is 0 Å². The van der Waals surface area contributed by atoms with Crippen molar-refractivity contribution in [2.24, 2.45) is 0 Å². The van der Waals surface area contributed by atoms with Crippen molar-refractivity contribution < 1.29 is 18.2 Å². The van der Waals surface area contributed by atoms with Crippen molar-refractivity contribution in [2.45, 2.75) is 157 Å². The maximum Gasteiger partial charge on any atom is 0.331 e. The lowest BCUT2D eigenvalue weighted by atomic mass is 10.1. The van der Waals surface area contributed by atoms with Gasteiger partial charge in [-0.1, -0.05) is 91.4 Å². The van der Waals surface area contributed by atoms with Crippen LogP contribution in [0, 0.1) is 0 Å². The average molecular weight is 566 g/mol. The van der Waals surface area contributed by atoms with E-state index in [2.05, 4.69) is 25.7 Å². The summed E-state index contributed by atoms with van der Waals surface area (Å²) in [4.78, 5) is 2.41. The van der Waals surface area contributed by atoms with Gasteiger partial charge >= 0.3 is 7.60 Å². The Morgan fingerprint density at radius 2 is 0.946 bits per heavy atom. The zero-order valence-electron chi connectivity index (χ0n) is 26.0. The van der Waals surface area contributed by atoms with E-state index in [1.807, 2.05) is 27.7 Å². The van der Waals surface area contributed by atoms with Crippen LogP contribution in [0.3, 0.4) is 0 Å². The third kappa shape index (κ3) is 21.8. The number of unbranched alkanes of at least 4 members (excludes halogenated alkanes) is 11. The second-order valence-corrected chi connectivity index (χ2v) is 17.0. The molecular weight excluding hydrogens is 500 g/mol. The summed E-state index contributed by atoms with van der Waals surface area (Å²) in [5.41, 5.74) is 0. The molecule has 0 aromatic heterocycles. The summed E-state index contributed by atoms with van der Waals surface area (Å²) in [7, 11) is -5.38. The van der Waals surface area contributed by atoms with E-state index in [9.17, 15) is 9.13 Å². The van der Waals surface area contributed by atoms with Crippen LogP contribution in [0.5, 0.6) is 0 Å². The summed E-state index contributed by atoms with van der Waals surface area (Å²) in [6.45, 7) is 16.1. The first-order valence-electron chi connectivity index (χ1n) is 15.8. The predicted octanol–water partition coefficient (Wildman–Crippen LogP) is 10.6.